The number of rotatable bonds is 4. The summed E-state index contributed by atoms with van der Waals surface area (Å²) in [6.45, 7) is 2.06. The number of Topliss-reactive ketones (excluding diaryl/α,β-unsaturated/α-hetero) is 1. The first-order valence-electron chi connectivity index (χ1n) is 9.50. The molecule has 0 aromatic heterocycles. The van der Waals surface area contributed by atoms with Crippen LogP contribution in [0.3, 0.4) is 0 Å². The maximum atomic E-state index is 12.8. The van der Waals surface area contributed by atoms with Gasteiger partial charge in [-0.15, -0.1) is 11.6 Å². The number of esters is 1. The number of nitrogens with one attached hydrogen (secondary N) is 1. The van der Waals surface area contributed by atoms with E-state index in [1.54, 1.807) is 0 Å². The van der Waals surface area contributed by atoms with Crippen LogP contribution in [0.25, 0.3) is 0 Å². The Bertz CT molecular complexity index is 896. The number of alkyl halides is 1. The van der Waals surface area contributed by atoms with Crippen molar-refractivity contribution in [1.29, 1.82) is 0 Å². The molecule has 7 heteroatoms. The van der Waals surface area contributed by atoms with E-state index in [4.69, 9.17) is 16.3 Å². The van der Waals surface area contributed by atoms with Crippen molar-refractivity contribution in [2.45, 2.75) is 37.6 Å². The smallest absolute Gasteiger partial charge is 0.335 e. The summed E-state index contributed by atoms with van der Waals surface area (Å²) in [7, 11) is 1.35. The molecule has 1 saturated heterocycles. The summed E-state index contributed by atoms with van der Waals surface area (Å²) < 4.78 is 5.04. The van der Waals surface area contributed by atoms with Crippen LogP contribution in [0.5, 0.6) is 0 Å². The highest BCUT2D eigenvalue weighted by Crippen LogP contribution is 2.59. The molecule has 3 atom stereocenters. The molecule has 3 aliphatic rings. The van der Waals surface area contributed by atoms with E-state index in [0.29, 0.717) is 18.5 Å². The summed E-state index contributed by atoms with van der Waals surface area (Å²) in [4.78, 5) is 39.9. The molecule has 0 bridgehead atoms. The molecule has 148 valence electrons. The third kappa shape index (κ3) is 2.50. The minimum atomic E-state index is -0.601. The third-order valence-electron chi connectivity index (χ3n) is 6.39. The first kappa shape index (κ1) is 19.0. The maximum absolute atomic E-state index is 12.8. The second-order valence-corrected chi connectivity index (χ2v) is 8.01. The Morgan fingerprint density at radius 3 is 2.75 bits per heavy atom. The van der Waals surface area contributed by atoms with Crippen LogP contribution in [0.1, 0.15) is 31.7 Å². The first-order chi connectivity index (χ1) is 13.5. The number of ether oxygens (including phenoxy) is 1. The summed E-state index contributed by atoms with van der Waals surface area (Å²) in [6.07, 6.45) is 1.14. The van der Waals surface area contributed by atoms with Gasteiger partial charge in [0.1, 0.15) is 5.78 Å². The number of likely N-dealkylation sites (tertiary alicyclic amines) is 1. The second-order valence-electron chi connectivity index (χ2n) is 7.63. The van der Waals surface area contributed by atoms with Gasteiger partial charge >= 0.3 is 5.97 Å². The molecule has 0 unspecified atom stereocenters. The fourth-order valence-corrected chi connectivity index (χ4v) is 5.46. The number of anilines is 1. The molecule has 6 nitrogen and oxygen atoms in total. The van der Waals surface area contributed by atoms with Gasteiger partial charge in [-0.3, -0.25) is 9.59 Å². The van der Waals surface area contributed by atoms with E-state index in [-0.39, 0.29) is 36.5 Å². The van der Waals surface area contributed by atoms with Gasteiger partial charge in [-0.05, 0) is 31.4 Å². The average Bonchev–Trinajstić information content (AvgIpc) is 3.24. The number of hydrogen-bond donors (Lipinski definition) is 1. The van der Waals surface area contributed by atoms with Crippen molar-refractivity contribution in [2.75, 3.05) is 24.9 Å². The predicted octanol–water partition coefficient (Wildman–Crippen LogP) is 2.62. The molecule has 0 saturated carbocycles. The second kappa shape index (κ2) is 6.92. The number of para-hydroxylation sites is 1. The van der Waals surface area contributed by atoms with E-state index in [9.17, 15) is 14.4 Å². The molecule has 2 heterocycles. The molecule has 1 N–H and O–H groups in total. The Labute approximate surface area is 168 Å². The number of fused-ring (bicyclic) bond motifs is 1. The van der Waals surface area contributed by atoms with Crippen LogP contribution in [-0.2, 0) is 24.5 Å². The molecular formula is C21H23ClN2O4. The van der Waals surface area contributed by atoms with Gasteiger partial charge in [-0.25, -0.2) is 4.79 Å². The van der Waals surface area contributed by atoms with Gasteiger partial charge in [-0.2, -0.15) is 0 Å². The summed E-state index contributed by atoms with van der Waals surface area (Å²) in [5.74, 6) is -0.726. The van der Waals surface area contributed by atoms with E-state index in [1.165, 1.54) is 14.0 Å². The first-order valence-corrected chi connectivity index (χ1v) is 10.0. The average molecular weight is 403 g/mol. The van der Waals surface area contributed by atoms with Crippen LogP contribution in [0, 0.1) is 5.92 Å². The highest BCUT2D eigenvalue weighted by Gasteiger charge is 2.62. The van der Waals surface area contributed by atoms with E-state index >= 15 is 0 Å². The summed E-state index contributed by atoms with van der Waals surface area (Å²) in [5, 5.41) is 3.42. The standard InChI is InChI=1S/C21H23ClN2O4/c1-12(25)13-11-14(20(27)28-2)18-21(15-5-3-4-6-16(15)23-18)8-10-24(19(13)21)17(26)7-9-22/h3-6,13,19,23H,7-11H2,1-2H3/t13-,19-,21-/m1/s1. The molecule has 2 aliphatic heterocycles. The number of benzene rings is 1. The van der Waals surface area contributed by atoms with Gasteiger partial charge in [0.25, 0.3) is 0 Å². The van der Waals surface area contributed by atoms with Crippen LogP contribution in [0.4, 0.5) is 5.69 Å². The number of hydrogen-bond acceptors (Lipinski definition) is 5. The van der Waals surface area contributed by atoms with Crippen LogP contribution in [-0.4, -0.2) is 48.1 Å². The van der Waals surface area contributed by atoms with Gasteiger partial charge in [0, 0.05) is 36.1 Å². The van der Waals surface area contributed by atoms with Crippen molar-refractivity contribution in [3.63, 3.8) is 0 Å². The highest BCUT2D eigenvalue weighted by molar-refractivity contribution is 6.19. The SMILES string of the molecule is COC(=O)C1=C2Nc3ccccc3[C@]23CCN(C(=O)CCCl)[C@@H]3[C@@H](C(C)=O)C1. The Morgan fingerprint density at radius 2 is 2.07 bits per heavy atom. The fourth-order valence-electron chi connectivity index (χ4n) is 5.30. The largest absolute Gasteiger partial charge is 0.466 e. The zero-order chi connectivity index (χ0) is 20.1. The van der Waals surface area contributed by atoms with Crippen LogP contribution >= 0.6 is 11.6 Å². The maximum Gasteiger partial charge on any atom is 0.335 e. The van der Waals surface area contributed by atoms with Crippen molar-refractivity contribution >= 4 is 34.9 Å². The highest BCUT2D eigenvalue weighted by atomic mass is 35.5. The van der Waals surface area contributed by atoms with Crippen molar-refractivity contribution < 1.29 is 19.1 Å². The number of methoxy groups -OCH3 is 1. The zero-order valence-electron chi connectivity index (χ0n) is 16.0. The summed E-state index contributed by atoms with van der Waals surface area (Å²) in [6, 6.07) is 7.54. The van der Waals surface area contributed by atoms with Crippen molar-refractivity contribution in [3.05, 3.63) is 41.1 Å². The number of carbonyl (C=O) groups excluding carboxylic acids is 3. The minimum absolute atomic E-state index is 0.0280. The number of carbonyl (C=O) groups is 3. The minimum Gasteiger partial charge on any atom is -0.466 e. The molecule has 1 spiro atoms. The molecule has 1 fully saturated rings. The zero-order valence-corrected chi connectivity index (χ0v) is 16.7. The number of nitrogens with zero attached hydrogens (tertiary/aromatic N) is 1. The summed E-state index contributed by atoms with van der Waals surface area (Å²) in [5.41, 5.74) is 2.63. The summed E-state index contributed by atoms with van der Waals surface area (Å²) >= 11 is 5.83. The van der Waals surface area contributed by atoms with Crippen LogP contribution in [0.2, 0.25) is 0 Å². The molecule has 1 aliphatic carbocycles. The lowest BCUT2D eigenvalue weighted by Gasteiger charge is -2.44. The van der Waals surface area contributed by atoms with Crippen LogP contribution in [0.15, 0.2) is 35.5 Å². The van der Waals surface area contributed by atoms with E-state index < -0.39 is 17.3 Å². The molecule has 1 amide bonds. The number of halogens is 1. The van der Waals surface area contributed by atoms with Gasteiger partial charge < -0.3 is 15.0 Å². The fraction of sp³-hybridized carbons (Fsp3) is 0.476. The molecule has 28 heavy (non-hydrogen) atoms. The molecular weight excluding hydrogens is 380 g/mol. The molecule has 1 aromatic rings. The van der Waals surface area contributed by atoms with Crippen molar-refractivity contribution in [2.24, 2.45) is 5.92 Å². The van der Waals surface area contributed by atoms with Gasteiger partial charge in [0.15, 0.2) is 0 Å². The lowest BCUT2D eigenvalue weighted by Crippen LogP contribution is -2.54. The predicted molar refractivity (Wildman–Crippen MR) is 105 cm³/mol. The quantitative estimate of drug-likeness (QED) is 0.619. The van der Waals surface area contributed by atoms with E-state index in [0.717, 1.165) is 16.9 Å². The lowest BCUT2D eigenvalue weighted by molar-refractivity contribution is -0.137. The Morgan fingerprint density at radius 1 is 1.32 bits per heavy atom. The van der Waals surface area contributed by atoms with Crippen LogP contribution < -0.4 is 5.32 Å². The normalized spacial score (nSPS) is 27.6. The molecule has 0 radical (unpaired) electrons. The number of ketones is 1. The number of amides is 1. The third-order valence-corrected chi connectivity index (χ3v) is 6.58. The van der Waals surface area contributed by atoms with E-state index in [2.05, 4.69) is 5.32 Å². The topological polar surface area (TPSA) is 75.7 Å². The van der Waals surface area contributed by atoms with Crippen molar-refractivity contribution in [1.82, 2.24) is 4.90 Å². The molecule has 4 rings (SSSR count). The van der Waals surface area contributed by atoms with E-state index in [1.807, 2.05) is 29.2 Å². The van der Waals surface area contributed by atoms with Gasteiger partial charge in [-0.1, -0.05) is 18.2 Å². The van der Waals surface area contributed by atoms with Gasteiger partial charge in [0.05, 0.1) is 24.1 Å². The lowest BCUT2D eigenvalue weighted by atomic mass is 9.62. The van der Waals surface area contributed by atoms with Crippen molar-refractivity contribution in [3.8, 4) is 0 Å². The Hall–Kier alpha value is -2.34. The molecule has 1 aromatic carbocycles. The van der Waals surface area contributed by atoms with Gasteiger partial charge in [0.2, 0.25) is 5.91 Å². The Balaban J connectivity index is 1.95. The monoisotopic (exact) mass is 402 g/mol. The Kier molecular flexibility index (Phi) is 4.70.